The number of hydrogen-bond donors (Lipinski definition) is 1. The van der Waals surface area contributed by atoms with Crippen LogP contribution in [0.1, 0.15) is 20.8 Å². The van der Waals surface area contributed by atoms with E-state index in [2.05, 4.69) is 25.7 Å². The fourth-order valence-corrected chi connectivity index (χ4v) is 2.18. The molecule has 3 nitrogen and oxygen atoms in total. The molecule has 0 aliphatic carbocycles. The fourth-order valence-electron chi connectivity index (χ4n) is 2.18. The first-order chi connectivity index (χ1) is 7.91. The third kappa shape index (κ3) is 2.33. The Morgan fingerprint density at radius 3 is 2.47 bits per heavy atom. The highest BCUT2D eigenvalue weighted by atomic mass is 16.5. The molecule has 0 spiro atoms. The average Bonchev–Trinajstić information content (AvgIpc) is 2.13. The van der Waals surface area contributed by atoms with E-state index in [9.17, 15) is 0 Å². The summed E-state index contributed by atoms with van der Waals surface area (Å²) in [5.74, 6) is 1.65. The standard InChI is InChI=1S/C14H22N2O/c1-14(2,3)10-8-16(9-10)12-7-11(15)5-6-13(12)17-4/h5-7,10H,8-9,15H2,1-4H3. The SMILES string of the molecule is COc1ccc(N)cc1N1CC(C(C)(C)C)C1. The normalized spacial score (nSPS) is 16.8. The van der Waals surface area contributed by atoms with Gasteiger partial charge in [-0.15, -0.1) is 0 Å². The molecule has 1 aliphatic heterocycles. The van der Waals surface area contributed by atoms with E-state index in [0.717, 1.165) is 36.1 Å². The number of methoxy groups -OCH3 is 1. The minimum atomic E-state index is 0.379. The molecule has 1 saturated heterocycles. The molecule has 1 fully saturated rings. The van der Waals surface area contributed by atoms with Crippen LogP contribution in [0.3, 0.4) is 0 Å². The maximum absolute atomic E-state index is 5.84. The van der Waals surface area contributed by atoms with Gasteiger partial charge in [0.1, 0.15) is 5.75 Å². The highest BCUT2D eigenvalue weighted by Crippen LogP contribution is 2.40. The van der Waals surface area contributed by atoms with E-state index >= 15 is 0 Å². The van der Waals surface area contributed by atoms with Crippen molar-refractivity contribution in [2.24, 2.45) is 11.3 Å². The lowest BCUT2D eigenvalue weighted by atomic mass is 9.76. The molecule has 17 heavy (non-hydrogen) atoms. The zero-order chi connectivity index (χ0) is 12.6. The molecule has 94 valence electrons. The second-order valence-corrected chi connectivity index (χ2v) is 5.90. The van der Waals surface area contributed by atoms with Crippen LogP contribution in [0, 0.1) is 11.3 Å². The highest BCUT2D eigenvalue weighted by Gasteiger charge is 2.36. The predicted octanol–water partition coefficient (Wildman–Crippen LogP) is 2.76. The van der Waals surface area contributed by atoms with Gasteiger partial charge in [0.2, 0.25) is 0 Å². The van der Waals surface area contributed by atoms with E-state index in [1.165, 1.54) is 0 Å². The van der Waals surface area contributed by atoms with Gasteiger partial charge in [0.05, 0.1) is 12.8 Å². The Morgan fingerprint density at radius 1 is 1.29 bits per heavy atom. The Bertz CT molecular complexity index is 403. The van der Waals surface area contributed by atoms with Crippen LogP contribution in [0.4, 0.5) is 11.4 Å². The number of hydrogen-bond acceptors (Lipinski definition) is 3. The molecule has 0 atom stereocenters. The topological polar surface area (TPSA) is 38.5 Å². The van der Waals surface area contributed by atoms with Crippen molar-refractivity contribution >= 4 is 11.4 Å². The molecule has 1 heterocycles. The molecule has 0 bridgehead atoms. The molecule has 1 aliphatic rings. The van der Waals surface area contributed by atoms with Gasteiger partial charge in [-0.1, -0.05) is 20.8 Å². The summed E-state index contributed by atoms with van der Waals surface area (Å²) in [5.41, 5.74) is 8.13. The van der Waals surface area contributed by atoms with Gasteiger partial charge >= 0.3 is 0 Å². The van der Waals surface area contributed by atoms with Crippen molar-refractivity contribution in [3.05, 3.63) is 18.2 Å². The maximum Gasteiger partial charge on any atom is 0.142 e. The number of nitrogen functional groups attached to an aromatic ring is 1. The van der Waals surface area contributed by atoms with Crippen LogP contribution in [0.2, 0.25) is 0 Å². The first kappa shape index (κ1) is 12.1. The summed E-state index contributed by atoms with van der Waals surface area (Å²) in [6.45, 7) is 9.06. The molecule has 3 heteroatoms. The van der Waals surface area contributed by atoms with Crippen LogP contribution in [0.5, 0.6) is 5.75 Å². The Balaban J connectivity index is 2.13. The Hall–Kier alpha value is -1.38. The summed E-state index contributed by atoms with van der Waals surface area (Å²) in [6, 6.07) is 5.82. The molecule has 0 saturated carbocycles. The van der Waals surface area contributed by atoms with Gasteiger partial charge in [0.25, 0.3) is 0 Å². The van der Waals surface area contributed by atoms with E-state index in [0.29, 0.717) is 5.41 Å². The largest absolute Gasteiger partial charge is 0.495 e. The van der Waals surface area contributed by atoms with Crippen LogP contribution >= 0.6 is 0 Å². The van der Waals surface area contributed by atoms with Crippen molar-refractivity contribution in [1.82, 2.24) is 0 Å². The van der Waals surface area contributed by atoms with Crippen molar-refractivity contribution in [3.63, 3.8) is 0 Å². The average molecular weight is 234 g/mol. The lowest BCUT2D eigenvalue weighted by molar-refractivity contribution is 0.194. The van der Waals surface area contributed by atoms with E-state index in [1.54, 1.807) is 7.11 Å². The number of nitrogens with two attached hydrogens (primary N) is 1. The number of nitrogens with zero attached hydrogens (tertiary/aromatic N) is 1. The van der Waals surface area contributed by atoms with Crippen molar-refractivity contribution < 1.29 is 4.74 Å². The third-order valence-electron chi connectivity index (χ3n) is 3.65. The summed E-state index contributed by atoms with van der Waals surface area (Å²) in [4.78, 5) is 2.34. The monoisotopic (exact) mass is 234 g/mol. The van der Waals surface area contributed by atoms with Crippen molar-refractivity contribution in [2.45, 2.75) is 20.8 Å². The van der Waals surface area contributed by atoms with Crippen molar-refractivity contribution in [2.75, 3.05) is 30.8 Å². The third-order valence-corrected chi connectivity index (χ3v) is 3.65. The van der Waals surface area contributed by atoms with E-state index in [4.69, 9.17) is 10.5 Å². The Labute approximate surface area is 104 Å². The smallest absolute Gasteiger partial charge is 0.142 e. The second kappa shape index (κ2) is 4.13. The number of anilines is 2. The van der Waals surface area contributed by atoms with Crippen LogP contribution in [0.15, 0.2) is 18.2 Å². The van der Waals surface area contributed by atoms with Gasteiger partial charge in [-0.05, 0) is 29.5 Å². The van der Waals surface area contributed by atoms with Gasteiger partial charge in [0, 0.05) is 18.8 Å². The lowest BCUT2D eigenvalue weighted by Gasteiger charge is -2.47. The quantitative estimate of drug-likeness (QED) is 0.800. The number of rotatable bonds is 2. The molecule has 0 radical (unpaired) electrons. The molecule has 0 aromatic heterocycles. The van der Waals surface area contributed by atoms with E-state index in [-0.39, 0.29) is 0 Å². The molecule has 2 rings (SSSR count). The molecule has 1 aromatic carbocycles. The van der Waals surface area contributed by atoms with Crippen LogP contribution in [-0.4, -0.2) is 20.2 Å². The molecule has 2 N–H and O–H groups in total. The van der Waals surface area contributed by atoms with Crippen LogP contribution < -0.4 is 15.4 Å². The summed E-state index contributed by atoms with van der Waals surface area (Å²) in [5, 5.41) is 0. The summed E-state index contributed by atoms with van der Waals surface area (Å²) < 4.78 is 5.38. The fraction of sp³-hybridized carbons (Fsp3) is 0.571. The Kier molecular flexibility index (Phi) is 2.94. The number of benzene rings is 1. The summed E-state index contributed by atoms with van der Waals surface area (Å²) in [6.07, 6.45) is 0. The van der Waals surface area contributed by atoms with Gasteiger partial charge in [-0.2, -0.15) is 0 Å². The van der Waals surface area contributed by atoms with Crippen molar-refractivity contribution in [3.8, 4) is 5.75 Å². The summed E-state index contributed by atoms with van der Waals surface area (Å²) >= 11 is 0. The first-order valence-electron chi connectivity index (χ1n) is 6.10. The van der Waals surface area contributed by atoms with Gasteiger partial charge in [0.15, 0.2) is 0 Å². The summed E-state index contributed by atoms with van der Waals surface area (Å²) in [7, 11) is 1.70. The van der Waals surface area contributed by atoms with Crippen molar-refractivity contribution in [1.29, 1.82) is 0 Å². The molecule has 0 unspecified atom stereocenters. The molecular formula is C14H22N2O. The second-order valence-electron chi connectivity index (χ2n) is 5.90. The maximum atomic E-state index is 5.84. The van der Waals surface area contributed by atoms with Crippen LogP contribution in [0.25, 0.3) is 0 Å². The van der Waals surface area contributed by atoms with Gasteiger partial charge < -0.3 is 15.4 Å². The predicted molar refractivity (Wildman–Crippen MR) is 72.6 cm³/mol. The minimum absolute atomic E-state index is 0.379. The zero-order valence-electron chi connectivity index (χ0n) is 11.2. The lowest BCUT2D eigenvalue weighted by Crippen LogP contribution is -2.52. The van der Waals surface area contributed by atoms with E-state index < -0.39 is 0 Å². The zero-order valence-corrected chi connectivity index (χ0v) is 11.2. The van der Waals surface area contributed by atoms with Gasteiger partial charge in [-0.25, -0.2) is 0 Å². The highest BCUT2D eigenvalue weighted by molar-refractivity contribution is 5.66. The Morgan fingerprint density at radius 2 is 1.94 bits per heavy atom. The number of ether oxygens (including phenoxy) is 1. The minimum Gasteiger partial charge on any atom is -0.495 e. The molecular weight excluding hydrogens is 212 g/mol. The first-order valence-corrected chi connectivity index (χ1v) is 6.10. The van der Waals surface area contributed by atoms with Crippen LogP contribution in [-0.2, 0) is 0 Å². The molecule has 1 aromatic rings. The van der Waals surface area contributed by atoms with Gasteiger partial charge in [-0.3, -0.25) is 0 Å². The van der Waals surface area contributed by atoms with E-state index in [1.807, 2.05) is 18.2 Å². The molecule has 0 amide bonds.